The van der Waals surface area contributed by atoms with Crippen molar-refractivity contribution in [1.82, 2.24) is 4.90 Å². The molecular weight excluding hydrogens is 264 g/mol. The number of anilines is 1. The van der Waals surface area contributed by atoms with E-state index < -0.39 is 0 Å². The molecule has 1 aliphatic heterocycles. The van der Waals surface area contributed by atoms with E-state index in [2.05, 4.69) is 0 Å². The second-order valence-corrected chi connectivity index (χ2v) is 5.18. The molecule has 2 amide bonds. The van der Waals surface area contributed by atoms with Gasteiger partial charge >= 0.3 is 0 Å². The number of carbonyl (C=O) groups excluding carboxylic acids is 2. The van der Waals surface area contributed by atoms with E-state index in [-0.39, 0.29) is 11.8 Å². The molecule has 2 aromatic carbocycles. The lowest BCUT2D eigenvalue weighted by Gasteiger charge is -2.26. The van der Waals surface area contributed by atoms with Crippen LogP contribution in [0.2, 0.25) is 0 Å². The van der Waals surface area contributed by atoms with Crippen molar-refractivity contribution in [3.63, 3.8) is 0 Å². The number of fused-ring (bicyclic) bond motifs is 1. The van der Waals surface area contributed by atoms with Gasteiger partial charge in [0.25, 0.3) is 5.91 Å². The summed E-state index contributed by atoms with van der Waals surface area (Å²) in [5.74, 6) is -0.327. The predicted molar refractivity (Wildman–Crippen MR) is 80.7 cm³/mol. The Morgan fingerprint density at radius 2 is 1.71 bits per heavy atom. The van der Waals surface area contributed by atoms with E-state index >= 15 is 0 Å². The standard InChI is InChI=1S/C17H16N2O2/c18-14-7-5-12(6-8-14)9-10-19-16(20)11-13-3-1-2-4-15(13)17(19)21/h1-8H,9-11,18H2. The highest BCUT2D eigenvalue weighted by molar-refractivity contribution is 6.09. The Morgan fingerprint density at radius 3 is 2.48 bits per heavy atom. The van der Waals surface area contributed by atoms with Gasteiger partial charge in [-0.05, 0) is 35.7 Å². The van der Waals surface area contributed by atoms with E-state index in [0.29, 0.717) is 30.6 Å². The van der Waals surface area contributed by atoms with Crippen LogP contribution in [0.3, 0.4) is 0 Å². The van der Waals surface area contributed by atoms with Crippen molar-refractivity contribution in [3.8, 4) is 0 Å². The summed E-state index contributed by atoms with van der Waals surface area (Å²) in [6, 6.07) is 14.8. The third-order valence-corrected chi connectivity index (χ3v) is 3.74. The van der Waals surface area contributed by atoms with Crippen molar-refractivity contribution < 1.29 is 9.59 Å². The highest BCUT2D eigenvalue weighted by Crippen LogP contribution is 2.20. The first kappa shape index (κ1) is 13.4. The average molecular weight is 280 g/mol. The summed E-state index contributed by atoms with van der Waals surface area (Å²) in [6.07, 6.45) is 0.934. The number of imide groups is 1. The van der Waals surface area contributed by atoms with Crippen molar-refractivity contribution in [2.75, 3.05) is 12.3 Å². The highest BCUT2D eigenvalue weighted by atomic mass is 16.2. The number of carbonyl (C=O) groups is 2. The molecule has 0 radical (unpaired) electrons. The second kappa shape index (κ2) is 5.40. The molecule has 0 spiro atoms. The zero-order valence-corrected chi connectivity index (χ0v) is 11.6. The van der Waals surface area contributed by atoms with Crippen molar-refractivity contribution in [2.45, 2.75) is 12.8 Å². The van der Waals surface area contributed by atoms with Gasteiger partial charge in [-0.3, -0.25) is 14.5 Å². The molecule has 21 heavy (non-hydrogen) atoms. The minimum atomic E-state index is -0.197. The molecule has 0 saturated carbocycles. The molecule has 0 saturated heterocycles. The van der Waals surface area contributed by atoms with Gasteiger partial charge in [-0.15, -0.1) is 0 Å². The van der Waals surface area contributed by atoms with E-state index in [1.807, 2.05) is 42.5 Å². The molecule has 0 unspecified atom stereocenters. The summed E-state index contributed by atoms with van der Waals surface area (Å²) in [7, 11) is 0. The van der Waals surface area contributed by atoms with E-state index in [1.54, 1.807) is 6.07 Å². The number of rotatable bonds is 3. The van der Waals surface area contributed by atoms with Gasteiger partial charge in [0.05, 0.1) is 6.42 Å². The number of benzene rings is 2. The van der Waals surface area contributed by atoms with Gasteiger partial charge in [-0.25, -0.2) is 0 Å². The fourth-order valence-corrected chi connectivity index (χ4v) is 2.55. The van der Waals surface area contributed by atoms with E-state index in [1.165, 1.54) is 4.90 Å². The Bertz CT molecular complexity index is 692. The third-order valence-electron chi connectivity index (χ3n) is 3.74. The van der Waals surface area contributed by atoms with Crippen LogP contribution in [-0.4, -0.2) is 23.3 Å². The van der Waals surface area contributed by atoms with Crippen LogP contribution in [0.1, 0.15) is 21.5 Å². The molecule has 4 nitrogen and oxygen atoms in total. The maximum Gasteiger partial charge on any atom is 0.260 e. The van der Waals surface area contributed by atoms with Gasteiger partial charge in [0.2, 0.25) is 5.91 Å². The van der Waals surface area contributed by atoms with Crippen molar-refractivity contribution in [3.05, 3.63) is 65.2 Å². The highest BCUT2D eigenvalue weighted by Gasteiger charge is 2.29. The lowest BCUT2D eigenvalue weighted by Crippen LogP contribution is -2.43. The molecule has 2 aromatic rings. The molecule has 2 N–H and O–H groups in total. The zero-order chi connectivity index (χ0) is 14.8. The van der Waals surface area contributed by atoms with Crippen molar-refractivity contribution >= 4 is 17.5 Å². The molecule has 1 heterocycles. The van der Waals surface area contributed by atoms with Gasteiger partial charge in [-0.1, -0.05) is 30.3 Å². The molecule has 3 rings (SSSR count). The molecule has 1 aliphatic rings. The minimum absolute atomic E-state index is 0.130. The fourth-order valence-electron chi connectivity index (χ4n) is 2.55. The lowest BCUT2D eigenvalue weighted by molar-refractivity contribution is -0.128. The first-order valence-electron chi connectivity index (χ1n) is 6.92. The van der Waals surface area contributed by atoms with Gasteiger partial charge in [0.1, 0.15) is 0 Å². The maximum atomic E-state index is 12.4. The molecule has 0 bridgehead atoms. The van der Waals surface area contributed by atoms with Crippen LogP contribution in [0.5, 0.6) is 0 Å². The molecule has 0 aromatic heterocycles. The molecular formula is C17H16N2O2. The van der Waals surface area contributed by atoms with Gasteiger partial charge in [0, 0.05) is 17.8 Å². The summed E-state index contributed by atoms with van der Waals surface area (Å²) < 4.78 is 0. The Balaban J connectivity index is 1.75. The monoisotopic (exact) mass is 280 g/mol. The molecule has 0 aliphatic carbocycles. The van der Waals surface area contributed by atoms with Crippen LogP contribution in [0.4, 0.5) is 5.69 Å². The number of amides is 2. The molecule has 4 heteroatoms. The Labute approximate surface area is 123 Å². The number of nitrogens with zero attached hydrogens (tertiary/aromatic N) is 1. The fraction of sp³-hybridized carbons (Fsp3) is 0.176. The maximum absolute atomic E-state index is 12.4. The quantitative estimate of drug-likeness (QED) is 0.691. The summed E-state index contributed by atoms with van der Waals surface area (Å²) >= 11 is 0. The number of hydrogen-bond acceptors (Lipinski definition) is 3. The average Bonchev–Trinajstić information content (AvgIpc) is 2.49. The van der Waals surface area contributed by atoms with Crippen LogP contribution < -0.4 is 5.73 Å². The largest absolute Gasteiger partial charge is 0.399 e. The lowest BCUT2D eigenvalue weighted by atomic mass is 9.98. The minimum Gasteiger partial charge on any atom is -0.399 e. The van der Waals surface area contributed by atoms with E-state index in [0.717, 1.165) is 11.1 Å². The first-order chi connectivity index (χ1) is 10.1. The SMILES string of the molecule is Nc1ccc(CCN2C(=O)Cc3ccccc3C2=O)cc1. The van der Waals surface area contributed by atoms with E-state index in [4.69, 9.17) is 5.73 Å². The van der Waals surface area contributed by atoms with E-state index in [9.17, 15) is 9.59 Å². The van der Waals surface area contributed by atoms with Gasteiger partial charge in [-0.2, -0.15) is 0 Å². The summed E-state index contributed by atoms with van der Waals surface area (Å²) in [6.45, 7) is 0.399. The topological polar surface area (TPSA) is 63.4 Å². The van der Waals surface area contributed by atoms with Crippen molar-refractivity contribution in [2.24, 2.45) is 0 Å². The normalized spacial score (nSPS) is 14.2. The molecule has 0 atom stereocenters. The van der Waals surface area contributed by atoms with Gasteiger partial charge < -0.3 is 5.73 Å². The Kier molecular flexibility index (Phi) is 3.44. The first-order valence-corrected chi connectivity index (χ1v) is 6.92. The van der Waals surface area contributed by atoms with Crippen LogP contribution in [-0.2, 0) is 17.6 Å². The van der Waals surface area contributed by atoms with Crippen molar-refractivity contribution in [1.29, 1.82) is 0 Å². The zero-order valence-electron chi connectivity index (χ0n) is 11.6. The number of nitrogen functional groups attached to an aromatic ring is 1. The summed E-state index contributed by atoms with van der Waals surface area (Å²) in [5.41, 5.74) is 8.86. The number of hydrogen-bond donors (Lipinski definition) is 1. The van der Waals surface area contributed by atoms with Gasteiger partial charge in [0.15, 0.2) is 0 Å². The van der Waals surface area contributed by atoms with Crippen LogP contribution in [0.25, 0.3) is 0 Å². The second-order valence-electron chi connectivity index (χ2n) is 5.18. The smallest absolute Gasteiger partial charge is 0.260 e. The molecule has 0 fully saturated rings. The number of nitrogens with two attached hydrogens (primary N) is 1. The Hall–Kier alpha value is -2.62. The third kappa shape index (κ3) is 2.65. The van der Waals surface area contributed by atoms with Crippen LogP contribution >= 0.6 is 0 Å². The molecule has 106 valence electrons. The summed E-state index contributed by atoms with van der Waals surface area (Å²) in [4.78, 5) is 25.9. The summed E-state index contributed by atoms with van der Waals surface area (Å²) in [5, 5.41) is 0. The van der Waals surface area contributed by atoms with Crippen LogP contribution in [0.15, 0.2) is 48.5 Å². The Morgan fingerprint density at radius 1 is 1.00 bits per heavy atom. The predicted octanol–water partition coefficient (Wildman–Crippen LogP) is 2.04. The van der Waals surface area contributed by atoms with Crippen LogP contribution in [0, 0.1) is 0 Å².